The number of amides is 2. The molecule has 1 aliphatic heterocycles. The number of likely N-dealkylation sites (tertiary alicyclic amines) is 1. The fourth-order valence-corrected chi connectivity index (χ4v) is 2.58. The highest BCUT2D eigenvalue weighted by molar-refractivity contribution is 9.10. The third-order valence-corrected chi connectivity index (χ3v) is 3.86. The van der Waals surface area contributed by atoms with Crippen molar-refractivity contribution in [2.45, 2.75) is 18.9 Å². The van der Waals surface area contributed by atoms with Gasteiger partial charge in [0.05, 0.1) is 9.40 Å². The van der Waals surface area contributed by atoms with Gasteiger partial charge in [0.25, 0.3) is 5.69 Å². The number of aliphatic carboxylic acids is 1. The Balaban J connectivity index is 2.14. The van der Waals surface area contributed by atoms with Crippen LogP contribution >= 0.6 is 15.9 Å². The van der Waals surface area contributed by atoms with Crippen LogP contribution in [0.1, 0.15) is 12.8 Å². The fourth-order valence-electron chi connectivity index (χ4n) is 2.19. The zero-order chi connectivity index (χ0) is 15.6. The van der Waals surface area contributed by atoms with E-state index in [9.17, 15) is 19.7 Å². The average Bonchev–Trinajstić information content (AvgIpc) is 2.90. The number of nitro benzene ring substituents is 1. The van der Waals surface area contributed by atoms with E-state index in [4.69, 9.17) is 5.11 Å². The SMILES string of the molecule is O=C(O)[C@H]1CCCN1C(=O)Nc1ccc(Br)c([N+](=O)[O-])c1. The number of urea groups is 1. The normalized spacial score (nSPS) is 17.6. The Kier molecular flexibility index (Phi) is 4.41. The Morgan fingerprint density at radius 3 is 2.81 bits per heavy atom. The fraction of sp³-hybridized carbons (Fsp3) is 0.333. The molecule has 112 valence electrons. The summed E-state index contributed by atoms with van der Waals surface area (Å²) in [5.74, 6) is -1.05. The van der Waals surface area contributed by atoms with Crippen molar-refractivity contribution < 1.29 is 19.6 Å². The van der Waals surface area contributed by atoms with E-state index in [2.05, 4.69) is 21.2 Å². The topological polar surface area (TPSA) is 113 Å². The maximum Gasteiger partial charge on any atom is 0.326 e. The van der Waals surface area contributed by atoms with Crippen molar-refractivity contribution in [2.24, 2.45) is 0 Å². The van der Waals surface area contributed by atoms with Crippen molar-refractivity contribution in [2.75, 3.05) is 11.9 Å². The van der Waals surface area contributed by atoms with Crippen LogP contribution in [0.4, 0.5) is 16.2 Å². The molecule has 0 aliphatic carbocycles. The molecule has 1 aromatic carbocycles. The first-order valence-corrected chi connectivity index (χ1v) is 6.94. The predicted molar refractivity (Wildman–Crippen MR) is 77.2 cm³/mol. The van der Waals surface area contributed by atoms with Gasteiger partial charge < -0.3 is 15.3 Å². The van der Waals surface area contributed by atoms with E-state index in [1.54, 1.807) is 0 Å². The van der Waals surface area contributed by atoms with Crippen LogP contribution in [0.3, 0.4) is 0 Å². The van der Waals surface area contributed by atoms with Crippen LogP contribution in [0.5, 0.6) is 0 Å². The molecule has 1 heterocycles. The van der Waals surface area contributed by atoms with E-state index in [-0.39, 0.29) is 11.4 Å². The average molecular weight is 358 g/mol. The van der Waals surface area contributed by atoms with Gasteiger partial charge in [-0.05, 0) is 40.9 Å². The predicted octanol–water partition coefficient (Wildman–Crippen LogP) is 2.44. The molecule has 1 aromatic rings. The Bertz CT molecular complexity index is 607. The molecule has 0 bridgehead atoms. The molecule has 1 fully saturated rings. The Labute approximate surface area is 128 Å². The molecule has 2 N–H and O–H groups in total. The molecular formula is C12H12BrN3O5. The maximum absolute atomic E-state index is 12.1. The molecule has 21 heavy (non-hydrogen) atoms. The molecule has 1 aliphatic rings. The first kappa shape index (κ1) is 15.2. The molecule has 2 rings (SSSR count). The number of rotatable bonds is 3. The number of nitrogens with one attached hydrogen (secondary N) is 1. The summed E-state index contributed by atoms with van der Waals surface area (Å²) in [6.45, 7) is 0.349. The number of carbonyl (C=O) groups excluding carboxylic acids is 1. The van der Waals surface area contributed by atoms with Crippen LogP contribution in [0.2, 0.25) is 0 Å². The molecule has 0 spiro atoms. The third kappa shape index (κ3) is 3.30. The zero-order valence-electron chi connectivity index (χ0n) is 10.8. The van der Waals surface area contributed by atoms with Crippen molar-refractivity contribution in [1.82, 2.24) is 4.90 Å². The van der Waals surface area contributed by atoms with Crippen molar-refractivity contribution in [1.29, 1.82) is 0 Å². The summed E-state index contributed by atoms with van der Waals surface area (Å²) in [7, 11) is 0. The monoisotopic (exact) mass is 357 g/mol. The summed E-state index contributed by atoms with van der Waals surface area (Å²) >= 11 is 3.05. The highest BCUT2D eigenvalue weighted by Gasteiger charge is 2.34. The lowest BCUT2D eigenvalue weighted by molar-refractivity contribution is -0.385. The number of nitrogens with zero attached hydrogens (tertiary/aromatic N) is 2. The van der Waals surface area contributed by atoms with E-state index in [0.29, 0.717) is 23.9 Å². The van der Waals surface area contributed by atoms with Crippen molar-refractivity contribution >= 4 is 39.3 Å². The second-order valence-corrected chi connectivity index (χ2v) is 5.40. The van der Waals surface area contributed by atoms with E-state index >= 15 is 0 Å². The number of hydrogen-bond acceptors (Lipinski definition) is 4. The summed E-state index contributed by atoms with van der Waals surface area (Å²) in [5.41, 5.74) is 0.0648. The minimum Gasteiger partial charge on any atom is -0.480 e. The number of carbonyl (C=O) groups is 2. The number of halogens is 1. The quantitative estimate of drug-likeness (QED) is 0.637. The maximum atomic E-state index is 12.1. The van der Waals surface area contributed by atoms with Crippen LogP contribution in [0, 0.1) is 10.1 Å². The van der Waals surface area contributed by atoms with Crippen LogP contribution < -0.4 is 5.32 Å². The van der Waals surface area contributed by atoms with Gasteiger partial charge in [-0.15, -0.1) is 0 Å². The lowest BCUT2D eigenvalue weighted by Gasteiger charge is -2.21. The van der Waals surface area contributed by atoms with Crippen molar-refractivity contribution in [3.8, 4) is 0 Å². The zero-order valence-corrected chi connectivity index (χ0v) is 12.4. The largest absolute Gasteiger partial charge is 0.480 e. The second-order valence-electron chi connectivity index (χ2n) is 4.54. The number of anilines is 1. The van der Waals surface area contributed by atoms with Gasteiger partial charge >= 0.3 is 12.0 Å². The molecular weight excluding hydrogens is 346 g/mol. The number of carboxylic acid groups (broad SMARTS) is 1. The minimum absolute atomic E-state index is 0.177. The number of benzene rings is 1. The minimum atomic E-state index is -1.05. The molecule has 9 heteroatoms. The van der Waals surface area contributed by atoms with Gasteiger partial charge in [0.2, 0.25) is 0 Å². The van der Waals surface area contributed by atoms with E-state index in [1.165, 1.54) is 23.1 Å². The summed E-state index contributed by atoms with van der Waals surface area (Å²) in [5, 5.41) is 22.4. The molecule has 8 nitrogen and oxygen atoms in total. The first-order chi connectivity index (χ1) is 9.90. The molecule has 0 radical (unpaired) electrons. The molecule has 1 saturated heterocycles. The van der Waals surface area contributed by atoms with Crippen LogP contribution in [0.25, 0.3) is 0 Å². The summed E-state index contributed by atoms with van der Waals surface area (Å²) in [6.07, 6.45) is 1.02. The Morgan fingerprint density at radius 1 is 1.48 bits per heavy atom. The Hall–Kier alpha value is -2.16. The second kappa shape index (κ2) is 6.08. The highest BCUT2D eigenvalue weighted by Crippen LogP contribution is 2.28. The van der Waals surface area contributed by atoms with Crippen molar-refractivity contribution in [3.05, 3.63) is 32.8 Å². The van der Waals surface area contributed by atoms with Crippen LogP contribution in [-0.4, -0.2) is 39.5 Å². The van der Waals surface area contributed by atoms with Gasteiger partial charge in [-0.2, -0.15) is 0 Å². The lowest BCUT2D eigenvalue weighted by Crippen LogP contribution is -2.42. The van der Waals surface area contributed by atoms with Gasteiger partial charge in [0.15, 0.2) is 0 Å². The highest BCUT2D eigenvalue weighted by atomic mass is 79.9. The molecule has 0 saturated carbocycles. The van der Waals surface area contributed by atoms with Gasteiger partial charge in [-0.25, -0.2) is 9.59 Å². The smallest absolute Gasteiger partial charge is 0.326 e. The number of hydrogen-bond donors (Lipinski definition) is 2. The van der Waals surface area contributed by atoms with Gasteiger partial charge in [-0.3, -0.25) is 10.1 Å². The third-order valence-electron chi connectivity index (χ3n) is 3.19. The summed E-state index contributed by atoms with van der Waals surface area (Å²) in [4.78, 5) is 34.6. The van der Waals surface area contributed by atoms with Crippen LogP contribution in [-0.2, 0) is 4.79 Å². The summed E-state index contributed by atoms with van der Waals surface area (Å²) in [6, 6.07) is 2.74. The van der Waals surface area contributed by atoms with E-state index in [0.717, 1.165) is 0 Å². The van der Waals surface area contributed by atoms with E-state index in [1.807, 2.05) is 0 Å². The van der Waals surface area contributed by atoms with Gasteiger partial charge in [0, 0.05) is 18.3 Å². The van der Waals surface area contributed by atoms with E-state index < -0.39 is 23.0 Å². The lowest BCUT2D eigenvalue weighted by atomic mass is 10.2. The molecule has 0 aromatic heterocycles. The molecule has 0 unspecified atom stereocenters. The molecule has 1 atom stereocenters. The number of carboxylic acids is 1. The number of nitro groups is 1. The Morgan fingerprint density at radius 2 is 2.19 bits per heavy atom. The standard InChI is InChI=1S/C12H12BrN3O5/c13-8-4-3-7(6-10(8)16(20)21)14-12(19)15-5-1-2-9(15)11(17)18/h3-4,6,9H,1-2,5H2,(H,14,19)(H,17,18)/t9-/m1/s1. The molecule has 2 amide bonds. The van der Waals surface area contributed by atoms with Crippen LogP contribution in [0.15, 0.2) is 22.7 Å². The van der Waals surface area contributed by atoms with Gasteiger partial charge in [0.1, 0.15) is 6.04 Å². The van der Waals surface area contributed by atoms with Gasteiger partial charge in [-0.1, -0.05) is 0 Å². The summed E-state index contributed by atoms with van der Waals surface area (Å²) < 4.78 is 0.301. The first-order valence-electron chi connectivity index (χ1n) is 6.14. The van der Waals surface area contributed by atoms with Crippen molar-refractivity contribution in [3.63, 3.8) is 0 Å².